The van der Waals surface area contributed by atoms with Gasteiger partial charge in [0.25, 0.3) is 0 Å². The highest BCUT2D eigenvalue weighted by molar-refractivity contribution is 6.04. The fraction of sp³-hybridized carbons (Fsp3) is 0.500. The van der Waals surface area contributed by atoms with Gasteiger partial charge < -0.3 is 20.3 Å². The summed E-state index contributed by atoms with van der Waals surface area (Å²) in [6.45, 7) is 3.46. The van der Waals surface area contributed by atoms with Crippen LogP contribution in [0.15, 0.2) is 18.2 Å². The minimum Gasteiger partial charge on any atom is -0.380 e. The summed E-state index contributed by atoms with van der Waals surface area (Å²) in [5.74, 6) is -0.0358. The normalized spacial score (nSPS) is 23.5. The Morgan fingerprint density at radius 2 is 2.16 bits per heavy atom. The van der Waals surface area contributed by atoms with E-state index >= 15 is 0 Å². The van der Waals surface area contributed by atoms with Gasteiger partial charge in [0, 0.05) is 38.0 Å². The van der Waals surface area contributed by atoms with Crippen LogP contribution in [0, 0.1) is 0 Å². The van der Waals surface area contributed by atoms with Crippen LogP contribution >= 0.6 is 0 Å². The summed E-state index contributed by atoms with van der Waals surface area (Å²) in [6.07, 6.45) is 1.03. The van der Waals surface area contributed by atoms with Crippen molar-refractivity contribution < 1.29 is 9.53 Å². The van der Waals surface area contributed by atoms with Gasteiger partial charge in [-0.25, -0.2) is 0 Å². The second-order valence-electron chi connectivity index (χ2n) is 5.07. The van der Waals surface area contributed by atoms with Gasteiger partial charge in [0.1, 0.15) is 6.04 Å². The van der Waals surface area contributed by atoms with Crippen molar-refractivity contribution in [3.63, 3.8) is 0 Å². The number of rotatable bonds is 1. The molecule has 2 aliphatic heterocycles. The molecule has 2 aliphatic rings. The number of likely N-dealkylation sites (N-methyl/N-ethyl adjacent to an activating group) is 1. The summed E-state index contributed by atoms with van der Waals surface area (Å²) >= 11 is 0. The average Bonchev–Trinajstić information content (AvgIpc) is 2.68. The molecule has 0 spiro atoms. The summed E-state index contributed by atoms with van der Waals surface area (Å²) in [5.41, 5.74) is 8.90. The maximum atomic E-state index is 11.9. The first-order valence-electron chi connectivity index (χ1n) is 6.68. The van der Waals surface area contributed by atoms with Gasteiger partial charge in [0.2, 0.25) is 5.91 Å². The van der Waals surface area contributed by atoms with E-state index in [9.17, 15) is 4.79 Å². The second-order valence-corrected chi connectivity index (χ2v) is 5.07. The quantitative estimate of drug-likeness (QED) is 0.815. The highest BCUT2D eigenvalue weighted by Crippen LogP contribution is 2.36. The van der Waals surface area contributed by atoms with Gasteiger partial charge in [-0.05, 0) is 18.6 Å². The largest absolute Gasteiger partial charge is 0.380 e. The van der Waals surface area contributed by atoms with Crippen LogP contribution < -0.4 is 15.5 Å². The minimum absolute atomic E-state index is 0.0358. The van der Waals surface area contributed by atoms with Crippen molar-refractivity contribution >= 4 is 17.3 Å². The van der Waals surface area contributed by atoms with Crippen LogP contribution in [0.3, 0.4) is 0 Å². The fourth-order valence-electron chi connectivity index (χ4n) is 2.75. The lowest BCUT2D eigenvalue weighted by Gasteiger charge is -2.23. The first kappa shape index (κ1) is 12.4. The van der Waals surface area contributed by atoms with Gasteiger partial charge in [0.15, 0.2) is 0 Å². The second kappa shape index (κ2) is 4.83. The van der Waals surface area contributed by atoms with Crippen molar-refractivity contribution in [3.05, 3.63) is 23.8 Å². The number of carbonyl (C=O) groups is 1. The van der Waals surface area contributed by atoms with Gasteiger partial charge in [-0.3, -0.25) is 4.79 Å². The Morgan fingerprint density at radius 1 is 1.32 bits per heavy atom. The number of carbonyl (C=O) groups excluding carboxylic acids is 1. The number of hydrogen-bond donors (Lipinski definition) is 1. The molecule has 1 aromatic carbocycles. The van der Waals surface area contributed by atoms with E-state index < -0.39 is 6.04 Å². The van der Waals surface area contributed by atoms with Crippen LogP contribution in [-0.4, -0.2) is 39.3 Å². The Morgan fingerprint density at radius 3 is 3.00 bits per heavy atom. The van der Waals surface area contributed by atoms with Crippen molar-refractivity contribution in [2.75, 3.05) is 43.2 Å². The topological polar surface area (TPSA) is 58.8 Å². The number of hydrogen-bond acceptors (Lipinski definition) is 4. The Labute approximate surface area is 112 Å². The molecule has 2 heterocycles. The van der Waals surface area contributed by atoms with E-state index in [4.69, 9.17) is 10.5 Å². The third kappa shape index (κ3) is 2.09. The molecular formula is C14H19N3O2. The van der Waals surface area contributed by atoms with E-state index in [2.05, 4.69) is 17.0 Å². The lowest BCUT2D eigenvalue weighted by atomic mass is 10.1. The van der Waals surface area contributed by atoms with Crippen molar-refractivity contribution in [1.29, 1.82) is 0 Å². The van der Waals surface area contributed by atoms with Gasteiger partial charge in [-0.2, -0.15) is 0 Å². The Hall–Kier alpha value is -1.59. The Kier molecular flexibility index (Phi) is 3.16. The highest BCUT2D eigenvalue weighted by Gasteiger charge is 2.32. The molecule has 1 unspecified atom stereocenters. The zero-order chi connectivity index (χ0) is 13.4. The van der Waals surface area contributed by atoms with Gasteiger partial charge in [-0.1, -0.05) is 6.07 Å². The summed E-state index contributed by atoms with van der Waals surface area (Å²) in [4.78, 5) is 15.8. The molecule has 2 N–H and O–H groups in total. The maximum Gasteiger partial charge on any atom is 0.248 e. The molecule has 1 fully saturated rings. The SMILES string of the molecule is CN1C(=O)C(N)c2ccc(N3CCCOCC3)cc21. The molecule has 1 amide bonds. The number of ether oxygens (including phenoxy) is 1. The number of anilines is 2. The average molecular weight is 261 g/mol. The zero-order valence-corrected chi connectivity index (χ0v) is 11.1. The van der Waals surface area contributed by atoms with Gasteiger partial charge in [-0.15, -0.1) is 0 Å². The van der Waals surface area contributed by atoms with Crippen molar-refractivity contribution in [2.45, 2.75) is 12.5 Å². The molecule has 0 radical (unpaired) electrons. The monoisotopic (exact) mass is 261 g/mol. The molecule has 5 nitrogen and oxygen atoms in total. The summed E-state index contributed by atoms with van der Waals surface area (Å²) < 4.78 is 5.47. The maximum absolute atomic E-state index is 11.9. The molecule has 1 atom stereocenters. The van der Waals surface area contributed by atoms with Crippen LogP contribution in [-0.2, 0) is 9.53 Å². The van der Waals surface area contributed by atoms with E-state index in [-0.39, 0.29) is 5.91 Å². The van der Waals surface area contributed by atoms with Gasteiger partial charge >= 0.3 is 0 Å². The Balaban J connectivity index is 1.91. The minimum atomic E-state index is -0.512. The van der Waals surface area contributed by atoms with Crippen LogP contribution in [0.5, 0.6) is 0 Å². The molecule has 0 saturated carbocycles. The van der Waals surface area contributed by atoms with Crippen molar-refractivity contribution in [3.8, 4) is 0 Å². The van der Waals surface area contributed by atoms with Crippen LogP contribution in [0.2, 0.25) is 0 Å². The molecule has 1 aromatic rings. The smallest absolute Gasteiger partial charge is 0.248 e. The predicted molar refractivity (Wildman–Crippen MR) is 74.4 cm³/mol. The van der Waals surface area contributed by atoms with Crippen LogP contribution in [0.25, 0.3) is 0 Å². The predicted octanol–water partition coefficient (Wildman–Crippen LogP) is 0.889. The standard InChI is InChI=1S/C14H19N3O2/c1-16-12-9-10(17-5-2-7-19-8-6-17)3-4-11(12)13(15)14(16)18/h3-4,9,13H,2,5-8,15H2,1H3. The molecule has 0 aliphatic carbocycles. The number of fused-ring (bicyclic) bond motifs is 1. The molecular weight excluding hydrogens is 242 g/mol. The third-order valence-electron chi connectivity index (χ3n) is 3.89. The fourth-order valence-corrected chi connectivity index (χ4v) is 2.75. The van der Waals surface area contributed by atoms with E-state index in [0.717, 1.165) is 49.7 Å². The number of benzene rings is 1. The van der Waals surface area contributed by atoms with E-state index in [0.29, 0.717) is 0 Å². The molecule has 1 saturated heterocycles. The summed E-state index contributed by atoms with van der Waals surface area (Å²) in [7, 11) is 1.78. The van der Waals surface area contributed by atoms with Crippen LogP contribution in [0.1, 0.15) is 18.0 Å². The number of nitrogens with zero attached hydrogens (tertiary/aromatic N) is 2. The van der Waals surface area contributed by atoms with E-state index in [1.165, 1.54) is 0 Å². The summed E-state index contributed by atoms with van der Waals surface area (Å²) in [6, 6.07) is 5.58. The van der Waals surface area contributed by atoms with E-state index in [1.54, 1.807) is 11.9 Å². The van der Waals surface area contributed by atoms with E-state index in [1.807, 2.05) is 6.07 Å². The third-order valence-corrected chi connectivity index (χ3v) is 3.89. The summed E-state index contributed by atoms with van der Waals surface area (Å²) in [5, 5.41) is 0. The molecule has 3 rings (SSSR count). The molecule has 102 valence electrons. The lowest BCUT2D eigenvalue weighted by molar-refractivity contribution is -0.118. The molecule has 0 bridgehead atoms. The molecule has 19 heavy (non-hydrogen) atoms. The lowest BCUT2D eigenvalue weighted by Crippen LogP contribution is -2.28. The molecule has 0 aromatic heterocycles. The molecule has 5 heteroatoms. The zero-order valence-electron chi connectivity index (χ0n) is 11.1. The number of amides is 1. The van der Waals surface area contributed by atoms with Gasteiger partial charge in [0.05, 0.1) is 12.3 Å². The van der Waals surface area contributed by atoms with Crippen LogP contribution in [0.4, 0.5) is 11.4 Å². The Bertz CT molecular complexity index is 495. The van der Waals surface area contributed by atoms with Crippen molar-refractivity contribution in [1.82, 2.24) is 0 Å². The number of nitrogens with two attached hydrogens (primary N) is 1. The van der Waals surface area contributed by atoms with Crippen molar-refractivity contribution in [2.24, 2.45) is 5.73 Å². The first-order chi connectivity index (χ1) is 9.18. The highest BCUT2D eigenvalue weighted by atomic mass is 16.5. The first-order valence-corrected chi connectivity index (χ1v) is 6.68.